The van der Waals surface area contributed by atoms with Gasteiger partial charge in [0.15, 0.2) is 0 Å². The van der Waals surface area contributed by atoms with Crippen molar-refractivity contribution in [3.05, 3.63) is 32.6 Å². The van der Waals surface area contributed by atoms with Gasteiger partial charge in [-0.1, -0.05) is 0 Å². The Morgan fingerprint density at radius 3 is 2.87 bits per heavy atom. The van der Waals surface area contributed by atoms with Crippen molar-refractivity contribution in [1.29, 1.82) is 5.26 Å². The number of aromatic amines is 1. The number of nitriles is 1. The SMILES string of the molecule is CSCC(C)n1cc(C#N)c(=O)[nH]c1=O. The molecule has 6 heteroatoms. The van der Waals surface area contributed by atoms with E-state index in [-0.39, 0.29) is 11.6 Å². The molecule has 1 unspecified atom stereocenters. The predicted octanol–water partition coefficient (Wildman–Crippen LogP) is 0.332. The van der Waals surface area contributed by atoms with Crippen LogP contribution in [0.3, 0.4) is 0 Å². The highest BCUT2D eigenvalue weighted by Crippen LogP contribution is 2.08. The van der Waals surface area contributed by atoms with Crippen molar-refractivity contribution in [3.8, 4) is 6.07 Å². The lowest BCUT2D eigenvalue weighted by Crippen LogP contribution is -2.33. The van der Waals surface area contributed by atoms with Crippen molar-refractivity contribution in [3.63, 3.8) is 0 Å². The van der Waals surface area contributed by atoms with Gasteiger partial charge in [0.1, 0.15) is 11.6 Å². The summed E-state index contributed by atoms with van der Waals surface area (Å²) < 4.78 is 1.37. The maximum atomic E-state index is 11.4. The van der Waals surface area contributed by atoms with Gasteiger partial charge in [-0.25, -0.2) is 4.79 Å². The average Bonchev–Trinajstić information content (AvgIpc) is 2.18. The summed E-state index contributed by atoms with van der Waals surface area (Å²) in [5, 5.41) is 8.65. The summed E-state index contributed by atoms with van der Waals surface area (Å²) in [5.74, 6) is 0.747. The van der Waals surface area contributed by atoms with E-state index in [2.05, 4.69) is 4.98 Å². The normalized spacial score (nSPS) is 12.1. The van der Waals surface area contributed by atoms with E-state index in [1.54, 1.807) is 17.8 Å². The Morgan fingerprint density at radius 2 is 2.33 bits per heavy atom. The van der Waals surface area contributed by atoms with Crippen LogP contribution in [0.15, 0.2) is 15.8 Å². The molecule has 5 nitrogen and oxygen atoms in total. The van der Waals surface area contributed by atoms with E-state index >= 15 is 0 Å². The van der Waals surface area contributed by atoms with E-state index in [1.807, 2.05) is 13.2 Å². The molecule has 0 aliphatic heterocycles. The van der Waals surface area contributed by atoms with Crippen molar-refractivity contribution >= 4 is 11.8 Å². The first-order valence-electron chi connectivity index (χ1n) is 4.34. The molecular formula is C9H11N3O2S. The number of hydrogen-bond donors (Lipinski definition) is 1. The fraction of sp³-hybridized carbons (Fsp3) is 0.444. The number of thioether (sulfide) groups is 1. The van der Waals surface area contributed by atoms with Crippen molar-refractivity contribution in [1.82, 2.24) is 9.55 Å². The predicted molar refractivity (Wildman–Crippen MR) is 59.1 cm³/mol. The highest BCUT2D eigenvalue weighted by atomic mass is 32.2. The van der Waals surface area contributed by atoms with Gasteiger partial charge in [0.05, 0.1) is 0 Å². The second kappa shape index (κ2) is 4.84. The van der Waals surface area contributed by atoms with Crippen LogP contribution < -0.4 is 11.2 Å². The van der Waals surface area contributed by atoms with Gasteiger partial charge >= 0.3 is 5.69 Å². The van der Waals surface area contributed by atoms with E-state index in [4.69, 9.17) is 5.26 Å². The molecule has 0 bridgehead atoms. The van der Waals surface area contributed by atoms with Crippen LogP contribution in [0.5, 0.6) is 0 Å². The zero-order valence-corrected chi connectivity index (χ0v) is 9.30. The fourth-order valence-corrected chi connectivity index (χ4v) is 1.86. The third-order valence-corrected chi connectivity index (χ3v) is 2.79. The van der Waals surface area contributed by atoms with E-state index in [1.165, 1.54) is 10.8 Å². The summed E-state index contributed by atoms with van der Waals surface area (Å²) in [5.41, 5.74) is -1.14. The lowest BCUT2D eigenvalue weighted by molar-refractivity contribution is 0.568. The fourth-order valence-electron chi connectivity index (χ4n) is 1.21. The number of H-pyrrole nitrogens is 1. The zero-order valence-electron chi connectivity index (χ0n) is 8.48. The van der Waals surface area contributed by atoms with Crippen LogP contribution in [0.1, 0.15) is 18.5 Å². The van der Waals surface area contributed by atoms with Crippen LogP contribution in [0, 0.1) is 11.3 Å². The maximum absolute atomic E-state index is 11.4. The Bertz CT molecular complexity index is 497. The Morgan fingerprint density at radius 1 is 1.67 bits per heavy atom. The van der Waals surface area contributed by atoms with Crippen LogP contribution in [-0.4, -0.2) is 21.6 Å². The highest BCUT2D eigenvalue weighted by Gasteiger charge is 2.09. The molecule has 1 rings (SSSR count). The van der Waals surface area contributed by atoms with Crippen molar-refractivity contribution in [2.75, 3.05) is 12.0 Å². The van der Waals surface area contributed by atoms with Gasteiger partial charge < -0.3 is 0 Å². The van der Waals surface area contributed by atoms with Crippen LogP contribution in [0.2, 0.25) is 0 Å². The van der Waals surface area contributed by atoms with Crippen molar-refractivity contribution < 1.29 is 0 Å². The number of nitrogens with one attached hydrogen (secondary N) is 1. The van der Waals surface area contributed by atoms with Crippen LogP contribution >= 0.6 is 11.8 Å². The first-order chi connectivity index (χ1) is 7.10. The number of nitrogens with zero attached hydrogens (tertiary/aromatic N) is 2. The highest BCUT2D eigenvalue weighted by molar-refractivity contribution is 7.98. The van der Waals surface area contributed by atoms with E-state index in [0.29, 0.717) is 0 Å². The van der Waals surface area contributed by atoms with Crippen molar-refractivity contribution in [2.45, 2.75) is 13.0 Å². The molecule has 0 amide bonds. The topological polar surface area (TPSA) is 78.7 Å². The van der Waals surface area contributed by atoms with Crippen LogP contribution in [-0.2, 0) is 0 Å². The second-order valence-corrected chi connectivity index (χ2v) is 4.04. The molecule has 80 valence electrons. The Hall–Kier alpha value is -1.48. The molecule has 0 aromatic carbocycles. The molecule has 0 fully saturated rings. The Labute approximate surface area is 90.7 Å². The molecule has 15 heavy (non-hydrogen) atoms. The summed E-state index contributed by atoms with van der Waals surface area (Å²) >= 11 is 1.60. The lowest BCUT2D eigenvalue weighted by atomic mass is 10.3. The first kappa shape index (κ1) is 11.6. The van der Waals surface area contributed by atoms with Gasteiger partial charge in [-0.15, -0.1) is 0 Å². The maximum Gasteiger partial charge on any atom is 0.328 e. The number of hydrogen-bond acceptors (Lipinski definition) is 4. The Kier molecular flexibility index (Phi) is 3.74. The molecule has 0 saturated heterocycles. The first-order valence-corrected chi connectivity index (χ1v) is 5.74. The van der Waals surface area contributed by atoms with Crippen LogP contribution in [0.25, 0.3) is 0 Å². The van der Waals surface area contributed by atoms with Crippen LogP contribution in [0.4, 0.5) is 0 Å². The van der Waals surface area contributed by atoms with Gasteiger partial charge in [-0.3, -0.25) is 14.3 Å². The summed E-state index contributed by atoms with van der Waals surface area (Å²) in [6.07, 6.45) is 3.24. The molecule has 0 aliphatic carbocycles. The van der Waals surface area contributed by atoms with Gasteiger partial charge in [-0.05, 0) is 13.2 Å². The molecular weight excluding hydrogens is 214 g/mol. The average molecular weight is 225 g/mol. The molecule has 1 heterocycles. The standard InChI is InChI=1S/C9H11N3O2S/c1-6(5-15-2)12-4-7(3-10)8(13)11-9(12)14/h4,6H,5H2,1-2H3,(H,11,13,14). The lowest BCUT2D eigenvalue weighted by Gasteiger charge is -2.12. The third kappa shape index (κ3) is 2.50. The third-order valence-electron chi connectivity index (χ3n) is 1.97. The second-order valence-electron chi connectivity index (χ2n) is 3.13. The van der Waals surface area contributed by atoms with Gasteiger partial charge in [-0.2, -0.15) is 17.0 Å². The minimum Gasteiger partial charge on any atom is -0.296 e. The largest absolute Gasteiger partial charge is 0.328 e. The van der Waals surface area contributed by atoms with Gasteiger partial charge in [0, 0.05) is 18.0 Å². The summed E-state index contributed by atoms with van der Waals surface area (Å²) in [4.78, 5) is 24.6. The van der Waals surface area contributed by atoms with E-state index in [9.17, 15) is 9.59 Å². The smallest absolute Gasteiger partial charge is 0.296 e. The summed E-state index contributed by atoms with van der Waals surface area (Å²) in [6, 6.07) is 1.70. The van der Waals surface area contributed by atoms with E-state index in [0.717, 1.165) is 5.75 Å². The molecule has 0 spiro atoms. The quantitative estimate of drug-likeness (QED) is 0.804. The summed E-state index contributed by atoms with van der Waals surface area (Å²) in [6.45, 7) is 1.86. The molecule has 0 radical (unpaired) electrons. The zero-order chi connectivity index (χ0) is 11.4. The van der Waals surface area contributed by atoms with Gasteiger partial charge in [0.25, 0.3) is 5.56 Å². The molecule has 0 aliphatic rings. The van der Waals surface area contributed by atoms with Crippen molar-refractivity contribution in [2.24, 2.45) is 0 Å². The molecule has 0 saturated carbocycles. The molecule has 1 atom stereocenters. The minimum absolute atomic E-state index is 0.0393. The van der Waals surface area contributed by atoms with Gasteiger partial charge in [0.2, 0.25) is 0 Å². The minimum atomic E-state index is -0.630. The monoisotopic (exact) mass is 225 g/mol. The van der Waals surface area contributed by atoms with E-state index < -0.39 is 11.2 Å². The molecule has 1 N–H and O–H groups in total. The number of aromatic nitrogens is 2. The molecule has 1 aromatic heterocycles. The molecule has 1 aromatic rings. The Balaban J connectivity index is 3.26. The number of rotatable bonds is 3. The summed E-state index contributed by atoms with van der Waals surface area (Å²) in [7, 11) is 0.